The van der Waals surface area contributed by atoms with Crippen molar-refractivity contribution in [1.29, 1.82) is 0 Å². The maximum atomic E-state index is 2.36. The van der Waals surface area contributed by atoms with Gasteiger partial charge in [0.15, 0.2) is 0 Å². The lowest BCUT2D eigenvalue weighted by Crippen LogP contribution is -2.35. The Kier molecular flexibility index (Phi) is 3.23. The van der Waals surface area contributed by atoms with Crippen molar-refractivity contribution in [2.24, 2.45) is 5.41 Å². The van der Waals surface area contributed by atoms with Crippen molar-refractivity contribution in [2.75, 3.05) is 0 Å². The number of fused-ring (bicyclic) bond motifs is 1. The van der Waals surface area contributed by atoms with Crippen LogP contribution < -0.4 is 0 Å². The standard InChI is InChI=1S/C18H24/c1-6-17(2,3)18(4,5)16-12-11-14-9-7-8-10-15(14)13-16/h7-13H,6H2,1-5H3. The molecule has 0 atom stereocenters. The summed E-state index contributed by atoms with van der Waals surface area (Å²) in [6, 6.07) is 15.5. The van der Waals surface area contributed by atoms with E-state index in [1.807, 2.05) is 0 Å². The van der Waals surface area contributed by atoms with Crippen molar-refractivity contribution >= 4 is 10.8 Å². The fraction of sp³-hybridized carbons (Fsp3) is 0.444. The molecule has 0 nitrogen and oxygen atoms in total. The van der Waals surface area contributed by atoms with Gasteiger partial charge in [0.25, 0.3) is 0 Å². The molecule has 2 rings (SSSR count). The Morgan fingerprint density at radius 2 is 1.44 bits per heavy atom. The summed E-state index contributed by atoms with van der Waals surface area (Å²) >= 11 is 0. The van der Waals surface area contributed by atoms with Crippen molar-refractivity contribution in [2.45, 2.75) is 46.5 Å². The molecule has 0 heteroatoms. The minimum Gasteiger partial charge on any atom is -0.0648 e. The van der Waals surface area contributed by atoms with Gasteiger partial charge in [0.1, 0.15) is 0 Å². The predicted octanol–water partition coefficient (Wildman–Crippen LogP) is 5.55. The summed E-state index contributed by atoms with van der Waals surface area (Å²) in [4.78, 5) is 0. The van der Waals surface area contributed by atoms with Crippen molar-refractivity contribution in [3.05, 3.63) is 48.0 Å². The fourth-order valence-electron chi connectivity index (χ4n) is 2.41. The SMILES string of the molecule is CCC(C)(C)C(C)(C)c1ccc2ccccc2c1. The van der Waals surface area contributed by atoms with Crippen molar-refractivity contribution in [3.63, 3.8) is 0 Å². The molecule has 0 unspecified atom stereocenters. The average Bonchev–Trinajstić information content (AvgIpc) is 2.37. The molecule has 0 N–H and O–H groups in total. The topological polar surface area (TPSA) is 0 Å². The van der Waals surface area contributed by atoms with Gasteiger partial charge < -0.3 is 0 Å². The predicted molar refractivity (Wildman–Crippen MR) is 81.0 cm³/mol. The van der Waals surface area contributed by atoms with Gasteiger partial charge in [-0.05, 0) is 27.2 Å². The van der Waals surface area contributed by atoms with E-state index in [1.54, 1.807) is 0 Å². The second-order valence-electron chi connectivity index (χ2n) is 6.42. The molecular weight excluding hydrogens is 216 g/mol. The van der Waals surface area contributed by atoms with E-state index in [0.717, 1.165) is 0 Å². The van der Waals surface area contributed by atoms with Crippen LogP contribution in [0.15, 0.2) is 42.5 Å². The van der Waals surface area contributed by atoms with Crippen molar-refractivity contribution < 1.29 is 0 Å². The Morgan fingerprint density at radius 1 is 0.833 bits per heavy atom. The molecule has 0 spiro atoms. The summed E-state index contributed by atoms with van der Waals surface area (Å²) < 4.78 is 0. The van der Waals surface area contributed by atoms with Crippen LogP contribution in [0.3, 0.4) is 0 Å². The van der Waals surface area contributed by atoms with Gasteiger partial charge in [-0.2, -0.15) is 0 Å². The molecule has 18 heavy (non-hydrogen) atoms. The quantitative estimate of drug-likeness (QED) is 0.659. The summed E-state index contributed by atoms with van der Waals surface area (Å²) in [5, 5.41) is 2.67. The van der Waals surface area contributed by atoms with Crippen LogP contribution in [0.1, 0.15) is 46.6 Å². The highest BCUT2D eigenvalue weighted by atomic mass is 14.4. The number of rotatable bonds is 3. The van der Waals surface area contributed by atoms with E-state index in [4.69, 9.17) is 0 Å². The van der Waals surface area contributed by atoms with Gasteiger partial charge in [-0.1, -0.05) is 83.5 Å². The lowest BCUT2D eigenvalue weighted by molar-refractivity contribution is 0.189. The second-order valence-corrected chi connectivity index (χ2v) is 6.42. The molecule has 0 radical (unpaired) electrons. The minimum absolute atomic E-state index is 0.186. The van der Waals surface area contributed by atoms with Crippen LogP contribution in [-0.4, -0.2) is 0 Å². The van der Waals surface area contributed by atoms with Crippen LogP contribution in [0.25, 0.3) is 10.8 Å². The van der Waals surface area contributed by atoms with Crippen molar-refractivity contribution in [1.82, 2.24) is 0 Å². The Labute approximate surface area is 111 Å². The molecule has 0 saturated carbocycles. The van der Waals surface area contributed by atoms with Gasteiger partial charge in [0.2, 0.25) is 0 Å². The molecule has 0 amide bonds. The van der Waals surface area contributed by atoms with Crippen LogP contribution in [-0.2, 0) is 5.41 Å². The summed E-state index contributed by atoms with van der Waals surface area (Å²) in [5.74, 6) is 0. The van der Waals surface area contributed by atoms with Gasteiger partial charge in [0, 0.05) is 0 Å². The van der Waals surface area contributed by atoms with E-state index in [9.17, 15) is 0 Å². The molecule has 0 aliphatic carbocycles. The number of hydrogen-bond donors (Lipinski definition) is 0. The van der Waals surface area contributed by atoms with E-state index in [2.05, 4.69) is 77.1 Å². The largest absolute Gasteiger partial charge is 0.0648 e. The maximum absolute atomic E-state index is 2.36. The lowest BCUT2D eigenvalue weighted by atomic mass is 9.63. The second kappa shape index (κ2) is 4.42. The minimum atomic E-state index is 0.186. The first-order chi connectivity index (χ1) is 8.38. The number of benzene rings is 2. The Balaban J connectivity index is 2.54. The highest BCUT2D eigenvalue weighted by Gasteiger charge is 2.36. The van der Waals surface area contributed by atoms with E-state index < -0.39 is 0 Å². The van der Waals surface area contributed by atoms with Gasteiger partial charge in [0.05, 0.1) is 0 Å². The summed E-state index contributed by atoms with van der Waals surface area (Å²) in [7, 11) is 0. The van der Waals surface area contributed by atoms with Crippen LogP contribution in [0, 0.1) is 5.41 Å². The molecule has 2 aromatic carbocycles. The lowest BCUT2D eigenvalue weighted by Gasteiger charge is -2.42. The molecule has 2 aromatic rings. The Morgan fingerprint density at radius 3 is 2.06 bits per heavy atom. The fourth-order valence-corrected chi connectivity index (χ4v) is 2.41. The molecule has 96 valence electrons. The van der Waals surface area contributed by atoms with Gasteiger partial charge in [-0.25, -0.2) is 0 Å². The molecule has 0 aromatic heterocycles. The molecule has 0 saturated heterocycles. The molecule has 0 heterocycles. The van der Waals surface area contributed by atoms with Crippen LogP contribution >= 0.6 is 0 Å². The van der Waals surface area contributed by atoms with Crippen LogP contribution in [0.4, 0.5) is 0 Å². The number of hydrogen-bond acceptors (Lipinski definition) is 0. The highest BCUT2D eigenvalue weighted by Crippen LogP contribution is 2.44. The first-order valence-electron chi connectivity index (χ1n) is 6.88. The third-order valence-electron chi connectivity index (χ3n) is 5.05. The van der Waals surface area contributed by atoms with Crippen LogP contribution in [0.5, 0.6) is 0 Å². The zero-order valence-electron chi connectivity index (χ0n) is 12.2. The van der Waals surface area contributed by atoms with E-state index >= 15 is 0 Å². The van der Waals surface area contributed by atoms with E-state index in [1.165, 1.54) is 22.8 Å². The average molecular weight is 240 g/mol. The smallest absolute Gasteiger partial charge is 0.00523 e. The van der Waals surface area contributed by atoms with E-state index in [0.29, 0.717) is 5.41 Å². The Hall–Kier alpha value is -1.30. The zero-order chi connectivity index (χ0) is 13.4. The van der Waals surface area contributed by atoms with E-state index in [-0.39, 0.29) is 5.41 Å². The van der Waals surface area contributed by atoms with Crippen LogP contribution in [0.2, 0.25) is 0 Å². The summed E-state index contributed by atoms with van der Waals surface area (Å²) in [5.41, 5.74) is 1.93. The third kappa shape index (κ3) is 2.05. The summed E-state index contributed by atoms with van der Waals surface area (Å²) in [6.45, 7) is 11.7. The van der Waals surface area contributed by atoms with Gasteiger partial charge in [-0.3, -0.25) is 0 Å². The van der Waals surface area contributed by atoms with Crippen molar-refractivity contribution in [3.8, 4) is 0 Å². The highest BCUT2D eigenvalue weighted by molar-refractivity contribution is 5.83. The molecular formula is C18H24. The third-order valence-corrected chi connectivity index (χ3v) is 5.05. The first-order valence-corrected chi connectivity index (χ1v) is 6.88. The molecule has 0 aliphatic heterocycles. The first kappa shape index (κ1) is 13.1. The zero-order valence-corrected chi connectivity index (χ0v) is 12.2. The Bertz CT molecular complexity index is 547. The normalized spacial score (nSPS) is 12.9. The monoisotopic (exact) mass is 240 g/mol. The van der Waals surface area contributed by atoms with Gasteiger partial charge >= 0.3 is 0 Å². The molecule has 0 aliphatic rings. The maximum Gasteiger partial charge on any atom is -0.00523 e. The molecule has 0 fully saturated rings. The summed E-state index contributed by atoms with van der Waals surface area (Å²) in [6.07, 6.45) is 1.19. The van der Waals surface area contributed by atoms with Gasteiger partial charge in [-0.15, -0.1) is 0 Å². The molecule has 0 bridgehead atoms.